The van der Waals surface area contributed by atoms with Crippen LogP contribution in [0.4, 0.5) is 13.2 Å². The second-order valence-electron chi connectivity index (χ2n) is 3.48. The molecule has 5 heteroatoms. The first kappa shape index (κ1) is 10.3. The Morgan fingerprint density at radius 2 is 2.07 bits per heavy atom. The summed E-state index contributed by atoms with van der Waals surface area (Å²) in [6, 6.07) is 2.49. The fourth-order valence-corrected chi connectivity index (χ4v) is 1.57. The lowest BCUT2D eigenvalue weighted by atomic mass is 10.0. The lowest BCUT2D eigenvalue weighted by molar-refractivity contribution is -0.149. The van der Waals surface area contributed by atoms with Gasteiger partial charge in [-0.2, -0.15) is 13.2 Å². The zero-order valence-electron chi connectivity index (χ0n) is 7.84. The predicted octanol–water partition coefficient (Wildman–Crippen LogP) is 2.18. The molecule has 1 aromatic carbocycles. The Morgan fingerprint density at radius 3 is 2.73 bits per heavy atom. The minimum absolute atomic E-state index is 0.0446. The Hall–Kier alpha value is -1.23. The second kappa shape index (κ2) is 3.41. The molecule has 1 aromatic rings. The molecular weight excluding hydrogens is 207 g/mol. The molecule has 15 heavy (non-hydrogen) atoms. The van der Waals surface area contributed by atoms with Crippen molar-refractivity contribution in [1.29, 1.82) is 0 Å². The first-order chi connectivity index (χ1) is 6.98. The lowest BCUT2D eigenvalue weighted by Gasteiger charge is -2.16. The number of ether oxygens (including phenoxy) is 1. The topological polar surface area (TPSA) is 35.2 Å². The second-order valence-corrected chi connectivity index (χ2v) is 3.48. The highest BCUT2D eigenvalue weighted by Gasteiger charge is 2.38. The first-order valence-corrected chi connectivity index (χ1v) is 4.56. The van der Waals surface area contributed by atoms with Gasteiger partial charge in [0, 0.05) is 6.42 Å². The van der Waals surface area contributed by atoms with Gasteiger partial charge in [-0.1, -0.05) is 12.1 Å². The lowest BCUT2D eigenvalue weighted by Crippen LogP contribution is -2.28. The number of hydrogen-bond donors (Lipinski definition) is 1. The number of benzene rings is 1. The molecule has 2 nitrogen and oxygen atoms in total. The third-order valence-electron chi connectivity index (χ3n) is 2.43. The van der Waals surface area contributed by atoms with Gasteiger partial charge in [0.25, 0.3) is 0 Å². The molecule has 0 aromatic heterocycles. The van der Waals surface area contributed by atoms with E-state index in [1.807, 2.05) is 0 Å². The van der Waals surface area contributed by atoms with Gasteiger partial charge in [-0.05, 0) is 17.2 Å². The van der Waals surface area contributed by atoms with Gasteiger partial charge in [-0.3, -0.25) is 0 Å². The number of fused-ring (bicyclic) bond motifs is 1. The van der Waals surface area contributed by atoms with Crippen LogP contribution in [0, 0.1) is 0 Å². The molecule has 0 radical (unpaired) electrons. The standard InChI is InChI=1S/C10H10F3NO/c11-10(12,13)9(14)7-2-1-6-3-4-15-8(6)5-7/h1-2,5,9H,3-4,14H2/t9-/m0/s1. The van der Waals surface area contributed by atoms with Crippen LogP contribution in [0.25, 0.3) is 0 Å². The molecule has 0 saturated heterocycles. The summed E-state index contributed by atoms with van der Waals surface area (Å²) in [6.45, 7) is 0.528. The average Bonchev–Trinajstić information content (AvgIpc) is 2.61. The fraction of sp³-hybridized carbons (Fsp3) is 0.400. The van der Waals surface area contributed by atoms with Crippen molar-refractivity contribution in [3.05, 3.63) is 29.3 Å². The number of alkyl halides is 3. The van der Waals surface area contributed by atoms with Crippen molar-refractivity contribution in [3.8, 4) is 5.75 Å². The Bertz CT molecular complexity index is 375. The van der Waals surface area contributed by atoms with E-state index in [0.717, 1.165) is 12.0 Å². The molecule has 0 fully saturated rings. The third kappa shape index (κ3) is 1.92. The van der Waals surface area contributed by atoms with E-state index < -0.39 is 12.2 Å². The van der Waals surface area contributed by atoms with Crippen LogP contribution in [0.5, 0.6) is 5.75 Å². The fourth-order valence-electron chi connectivity index (χ4n) is 1.57. The molecule has 0 aliphatic carbocycles. The van der Waals surface area contributed by atoms with E-state index in [9.17, 15) is 13.2 Å². The molecule has 2 N–H and O–H groups in total. The summed E-state index contributed by atoms with van der Waals surface area (Å²) in [6.07, 6.45) is -3.66. The van der Waals surface area contributed by atoms with Crippen LogP contribution < -0.4 is 10.5 Å². The van der Waals surface area contributed by atoms with Gasteiger partial charge in [0.15, 0.2) is 0 Å². The molecule has 0 unspecified atom stereocenters. The summed E-state index contributed by atoms with van der Waals surface area (Å²) in [4.78, 5) is 0. The molecule has 0 spiro atoms. The van der Waals surface area contributed by atoms with Crippen molar-refractivity contribution >= 4 is 0 Å². The summed E-state index contributed by atoms with van der Waals surface area (Å²) in [5.41, 5.74) is 6.07. The molecule has 0 saturated carbocycles. The smallest absolute Gasteiger partial charge is 0.407 e. The number of hydrogen-bond acceptors (Lipinski definition) is 2. The van der Waals surface area contributed by atoms with Gasteiger partial charge in [0.05, 0.1) is 6.61 Å². The molecule has 82 valence electrons. The van der Waals surface area contributed by atoms with Crippen molar-refractivity contribution in [3.63, 3.8) is 0 Å². The van der Waals surface area contributed by atoms with Crippen molar-refractivity contribution in [1.82, 2.24) is 0 Å². The molecule has 1 aliphatic heterocycles. The summed E-state index contributed by atoms with van der Waals surface area (Å²) in [5, 5.41) is 0. The van der Waals surface area contributed by atoms with Crippen molar-refractivity contribution in [2.45, 2.75) is 18.6 Å². The van der Waals surface area contributed by atoms with E-state index in [-0.39, 0.29) is 5.56 Å². The summed E-state index contributed by atoms with van der Waals surface area (Å²) < 4.78 is 42.1. The maximum Gasteiger partial charge on any atom is 0.407 e. The highest BCUT2D eigenvalue weighted by Crippen LogP contribution is 2.34. The zero-order valence-corrected chi connectivity index (χ0v) is 7.84. The van der Waals surface area contributed by atoms with E-state index in [1.54, 1.807) is 6.07 Å². The number of rotatable bonds is 1. The zero-order chi connectivity index (χ0) is 11.1. The van der Waals surface area contributed by atoms with Gasteiger partial charge in [-0.15, -0.1) is 0 Å². The van der Waals surface area contributed by atoms with Crippen LogP contribution >= 0.6 is 0 Å². The van der Waals surface area contributed by atoms with Crippen molar-refractivity contribution in [2.24, 2.45) is 5.73 Å². The third-order valence-corrected chi connectivity index (χ3v) is 2.43. The van der Waals surface area contributed by atoms with Crippen molar-refractivity contribution < 1.29 is 17.9 Å². The van der Waals surface area contributed by atoms with Crippen molar-refractivity contribution in [2.75, 3.05) is 6.61 Å². The van der Waals surface area contributed by atoms with Gasteiger partial charge >= 0.3 is 6.18 Å². The monoisotopic (exact) mass is 217 g/mol. The van der Waals surface area contributed by atoms with Gasteiger partial charge < -0.3 is 10.5 Å². The first-order valence-electron chi connectivity index (χ1n) is 4.56. The van der Waals surface area contributed by atoms with Crippen LogP contribution in [0.3, 0.4) is 0 Å². The summed E-state index contributed by atoms with van der Waals surface area (Å²) >= 11 is 0. The van der Waals surface area contributed by atoms with Crippen LogP contribution in [0.1, 0.15) is 17.2 Å². The number of nitrogens with two attached hydrogens (primary N) is 1. The maximum absolute atomic E-state index is 12.3. The minimum atomic E-state index is -4.41. The Balaban J connectivity index is 2.31. The van der Waals surface area contributed by atoms with Gasteiger partial charge in [0.1, 0.15) is 11.8 Å². The molecule has 0 bridgehead atoms. The molecule has 1 aliphatic rings. The Kier molecular flexibility index (Phi) is 2.34. The average molecular weight is 217 g/mol. The van der Waals surface area contributed by atoms with E-state index in [0.29, 0.717) is 12.4 Å². The highest BCUT2D eigenvalue weighted by atomic mass is 19.4. The van der Waals surface area contributed by atoms with E-state index in [2.05, 4.69) is 0 Å². The molecule has 1 atom stereocenters. The maximum atomic E-state index is 12.3. The SMILES string of the molecule is N[C@@H](c1ccc2c(c1)OCC2)C(F)(F)F. The largest absolute Gasteiger partial charge is 0.493 e. The Labute approximate surface area is 84.8 Å². The van der Waals surface area contributed by atoms with Crippen LogP contribution in [0.15, 0.2) is 18.2 Å². The van der Waals surface area contributed by atoms with E-state index in [1.165, 1.54) is 12.1 Å². The van der Waals surface area contributed by atoms with Gasteiger partial charge in [-0.25, -0.2) is 0 Å². The summed E-state index contributed by atoms with van der Waals surface area (Å²) in [7, 11) is 0. The molecule has 2 rings (SSSR count). The number of halogens is 3. The molecule has 1 heterocycles. The quantitative estimate of drug-likeness (QED) is 0.782. The summed E-state index contributed by atoms with van der Waals surface area (Å²) in [5.74, 6) is 0.521. The predicted molar refractivity (Wildman–Crippen MR) is 48.6 cm³/mol. The Morgan fingerprint density at radius 1 is 1.33 bits per heavy atom. The molecular formula is C10H10F3NO. The normalized spacial score (nSPS) is 17.1. The van der Waals surface area contributed by atoms with Crippen LogP contribution in [-0.4, -0.2) is 12.8 Å². The van der Waals surface area contributed by atoms with Crippen LogP contribution in [-0.2, 0) is 6.42 Å². The highest BCUT2D eigenvalue weighted by molar-refractivity contribution is 5.41. The van der Waals surface area contributed by atoms with E-state index in [4.69, 9.17) is 10.5 Å². The van der Waals surface area contributed by atoms with Gasteiger partial charge in [0.2, 0.25) is 0 Å². The van der Waals surface area contributed by atoms with Crippen LogP contribution in [0.2, 0.25) is 0 Å². The van der Waals surface area contributed by atoms with E-state index >= 15 is 0 Å². The minimum Gasteiger partial charge on any atom is -0.493 e. The molecule has 0 amide bonds.